The summed E-state index contributed by atoms with van der Waals surface area (Å²) in [6.45, 7) is 18.7. The lowest BCUT2D eigenvalue weighted by molar-refractivity contribution is 0.511. The van der Waals surface area contributed by atoms with Crippen LogP contribution >= 0.6 is 0 Å². The molecule has 116 valence electrons. The maximum atomic E-state index is 2.49. The van der Waals surface area contributed by atoms with Crippen LogP contribution < -0.4 is 0 Å². The molecule has 0 spiro atoms. The molecule has 2 aliphatic carbocycles. The Morgan fingerprint density at radius 2 is 1.05 bits per heavy atom. The zero-order valence-electron chi connectivity index (χ0n) is 15.3. The smallest absolute Gasteiger partial charge is 0.0768 e. The average molecular weight is 301 g/mol. The van der Waals surface area contributed by atoms with E-state index in [0.29, 0.717) is 10.8 Å². The summed E-state index contributed by atoms with van der Waals surface area (Å²) in [7, 11) is -0.255. The van der Waals surface area contributed by atoms with E-state index in [2.05, 4.69) is 67.5 Å². The second kappa shape index (κ2) is 5.42. The van der Waals surface area contributed by atoms with Gasteiger partial charge in [0.05, 0.1) is 9.52 Å². The van der Waals surface area contributed by atoms with Gasteiger partial charge in [-0.25, -0.2) is 0 Å². The second-order valence-corrected chi connectivity index (χ2v) is 10.8. The zero-order valence-corrected chi connectivity index (χ0v) is 16.7. The molecule has 1 heteroatoms. The lowest BCUT2D eigenvalue weighted by Crippen LogP contribution is -2.11. The zero-order chi connectivity index (χ0) is 16.0. The molecule has 0 atom stereocenters. The summed E-state index contributed by atoms with van der Waals surface area (Å²) in [5.41, 5.74) is 7.00. The molecule has 21 heavy (non-hydrogen) atoms. The summed E-state index contributed by atoms with van der Waals surface area (Å²) in [5.74, 6) is 0. The van der Waals surface area contributed by atoms with Crippen LogP contribution in [0.5, 0.6) is 0 Å². The molecule has 0 heterocycles. The molecule has 0 aliphatic heterocycles. The minimum Gasteiger partial charge on any atom is -0.0768 e. The molecule has 0 radical (unpaired) electrons. The van der Waals surface area contributed by atoms with Crippen molar-refractivity contribution in [3.05, 3.63) is 44.8 Å². The van der Waals surface area contributed by atoms with Gasteiger partial charge in [-0.1, -0.05) is 75.2 Å². The van der Waals surface area contributed by atoms with Crippen LogP contribution in [-0.2, 0) is 0 Å². The van der Waals surface area contributed by atoms with Crippen molar-refractivity contribution >= 4 is 9.52 Å². The molecule has 0 unspecified atom stereocenters. The van der Waals surface area contributed by atoms with Gasteiger partial charge in [0.2, 0.25) is 0 Å². The summed E-state index contributed by atoms with van der Waals surface area (Å²) >= 11 is 0. The normalized spacial score (nSPS) is 20.4. The minimum atomic E-state index is -0.255. The van der Waals surface area contributed by atoms with Gasteiger partial charge in [0, 0.05) is 0 Å². The maximum absolute atomic E-state index is 2.49. The molecule has 0 nitrogen and oxygen atoms in total. The van der Waals surface area contributed by atoms with Crippen molar-refractivity contribution < 1.29 is 0 Å². The SMILES string of the molecule is CC1=C([SiH2]C2=C(C)C(C(C)(C)C)=CC2)CC=C1C(C)(C)C. The van der Waals surface area contributed by atoms with Crippen molar-refractivity contribution in [1.82, 2.24) is 0 Å². The molecular formula is C20H32Si. The molecular weight excluding hydrogens is 268 g/mol. The first-order valence-corrected chi connectivity index (χ1v) is 9.72. The lowest BCUT2D eigenvalue weighted by Gasteiger charge is -2.23. The summed E-state index contributed by atoms with van der Waals surface area (Å²) < 4.78 is 0. The Bertz CT molecular complexity index is 514. The lowest BCUT2D eigenvalue weighted by atomic mass is 9.84. The predicted octanol–water partition coefficient (Wildman–Crippen LogP) is 5.46. The molecule has 0 aromatic carbocycles. The van der Waals surface area contributed by atoms with Gasteiger partial charge in [-0.15, -0.1) is 0 Å². The van der Waals surface area contributed by atoms with E-state index in [4.69, 9.17) is 0 Å². The molecule has 0 amide bonds. The summed E-state index contributed by atoms with van der Waals surface area (Å²) in [4.78, 5) is 0. The summed E-state index contributed by atoms with van der Waals surface area (Å²) in [6, 6.07) is 0. The molecule has 2 rings (SSSR count). The summed E-state index contributed by atoms with van der Waals surface area (Å²) in [5, 5.41) is 3.55. The van der Waals surface area contributed by atoms with Gasteiger partial charge in [0.15, 0.2) is 0 Å². The highest BCUT2D eigenvalue weighted by atomic mass is 28.2. The van der Waals surface area contributed by atoms with Gasteiger partial charge in [-0.3, -0.25) is 0 Å². The van der Waals surface area contributed by atoms with Gasteiger partial charge in [-0.2, -0.15) is 0 Å². The molecule has 2 aliphatic rings. The van der Waals surface area contributed by atoms with E-state index in [1.807, 2.05) is 0 Å². The molecule has 0 N–H and O–H groups in total. The van der Waals surface area contributed by atoms with Gasteiger partial charge in [0.25, 0.3) is 0 Å². The molecule has 0 saturated heterocycles. The van der Waals surface area contributed by atoms with E-state index in [0.717, 1.165) is 0 Å². The average Bonchev–Trinajstić information content (AvgIpc) is 2.83. The highest BCUT2D eigenvalue weighted by Gasteiger charge is 2.27. The van der Waals surface area contributed by atoms with E-state index in [1.54, 1.807) is 32.7 Å². The van der Waals surface area contributed by atoms with E-state index in [-0.39, 0.29) is 9.52 Å². The van der Waals surface area contributed by atoms with Crippen LogP contribution in [-0.4, -0.2) is 9.52 Å². The van der Waals surface area contributed by atoms with Crippen molar-refractivity contribution in [1.29, 1.82) is 0 Å². The summed E-state index contributed by atoms with van der Waals surface area (Å²) in [6.07, 6.45) is 7.40. The highest BCUT2D eigenvalue weighted by molar-refractivity contribution is 6.55. The fourth-order valence-corrected chi connectivity index (χ4v) is 5.85. The number of hydrogen-bond acceptors (Lipinski definition) is 0. The molecule has 0 saturated carbocycles. The van der Waals surface area contributed by atoms with Crippen molar-refractivity contribution in [3.63, 3.8) is 0 Å². The Labute approximate surface area is 133 Å². The van der Waals surface area contributed by atoms with Crippen LogP contribution in [0.2, 0.25) is 0 Å². The monoisotopic (exact) mass is 300 g/mol. The van der Waals surface area contributed by atoms with Crippen molar-refractivity contribution in [2.45, 2.75) is 68.2 Å². The first-order chi connectivity index (χ1) is 9.51. The third-order valence-electron chi connectivity index (χ3n) is 5.02. The Balaban J connectivity index is 2.19. The number of hydrogen-bond donors (Lipinski definition) is 0. The topological polar surface area (TPSA) is 0 Å². The largest absolute Gasteiger partial charge is 0.0788 e. The van der Waals surface area contributed by atoms with Gasteiger partial charge >= 0.3 is 0 Å². The molecule has 0 aromatic rings. The Morgan fingerprint density at radius 1 is 0.714 bits per heavy atom. The first kappa shape index (κ1) is 16.5. The van der Waals surface area contributed by atoms with Gasteiger partial charge in [-0.05, 0) is 48.7 Å². The first-order valence-electron chi connectivity index (χ1n) is 8.31. The van der Waals surface area contributed by atoms with Crippen LogP contribution in [0.25, 0.3) is 0 Å². The van der Waals surface area contributed by atoms with E-state index in [1.165, 1.54) is 12.8 Å². The number of rotatable bonds is 2. The maximum Gasteiger partial charge on any atom is 0.0788 e. The quantitative estimate of drug-likeness (QED) is 0.594. The van der Waals surface area contributed by atoms with Crippen LogP contribution in [0, 0.1) is 10.8 Å². The van der Waals surface area contributed by atoms with Crippen LogP contribution in [0.1, 0.15) is 68.2 Å². The van der Waals surface area contributed by atoms with Crippen molar-refractivity contribution in [3.8, 4) is 0 Å². The number of allylic oxidation sites excluding steroid dienone is 8. The van der Waals surface area contributed by atoms with E-state index >= 15 is 0 Å². The second-order valence-electron chi connectivity index (χ2n) is 8.78. The molecule has 0 aromatic heterocycles. The Kier molecular flexibility index (Phi) is 4.27. The van der Waals surface area contributed by atoms with Crippen LogP contribution in [0.15, 0.2) is 44.8 Å². The Hall–Kier alpha value is -0.823. The van der Waals surface area contributed by atoms with Gasteiger partial charge in [0.1, 0.15) is 0 Å². The van der Waals surface area contributed by atoms with Crippen LogP contribution in [0.4, 0.5) is 0 Å². The fraction of sp³-hybridized carbons (Fsp3) is 0.600. The van der Waals surface area contributed by atoms with Crippen LogP contribution in [0.3, 0.4) is 0 Å². The Morgan fingerprint density at radius 3 is 1.29 bits per heavy atom. The highest BCUT2D eigenvalue weighted by Crippen LogP contribution is 2.41. The van der Waals surface area contributed by atoms with E-state index < -0.39 is 0 Å². The fourth-order valence-electron chi connectivity index (χ4n) is 3.85. The third-order valence-corrected chi connectivity index (χ3v) is 7.51. The van der Waals surface area contributed by atoms with Gasteiger partial charge < -0.3 is 0 Å². The van der Waals surface area contributed by atoms with Crippen molar-refractivity contribution in [2.75, 3.05) is 0 Å². The predicted molar refractivity (Wildman–Crippen MR) is 98.3 cm³/mol. The molecule has 0 fully saturated rings. The third kappa shape index (κ3) is 3.34. The van der Waals surface area contributed by atoms with Crippen molar-refractivity contribution in [2.24, 2.45) is 10.8 Å². The van der Waals surface area contributed by atoms with E-state index in [9.17, 15) is 0 Å². The molecule has 0 bridgehead atoms. The standard InChI is InChI=1S/C20H32Si/c1-13-15(19(3,4)5)9-11-17(13)21-18-12-10-16(14(18)2)20(6,7)8/h9-10H,11-12,21H2,1-8H3. The minimum absolute atomic E-state index is 0.255.